The summed E-state index contributed by atoms with van der Waals surface area (Å²) < 4.78 is 42.6. The summed E-state index contributed by atoms with van der Waals surface area (Å²) in [5.41, 5.74) is 6.97. The maximum Gasteiger partial charge on any atom is 0.237 e. The number of fused-ring (bicyclic) bond motifs is 1. The Kier molecular flexibility index (Phi) is 4.11. The van der Waals surface area contributed by atoms with Crippen molar-refractivity contribution in [2.75, 3.05) is 11.1 Å². The van der Waals surface area contributed by atoms with Crippen molar-refractivity contribution in [3.63, 3.8) is 0 Å². The number of nitrogens with two attached hydrogens (primary N) is 1. The van der Waals surface area contributed by atoms with Crippen LogP contribution in [0.25, 0.3) is 17.0 Å². The lowest BCUT2D eigenvalue weighted by Gasteiger charge is -2.11. The van der Waals surface area contributed by atoms with E-state index in [4.69, 9.17) is 5.73 Å². The molecule has 27 heavy (non-hydrogen) atoms. The number of anilines is 2. The maximum absolute atomic E-state index is 13.8. The fourth-order valence-electron chi connectivity index (χ4n) is 2.65. The van der Waals surface area contributed by atoms with Gasteiger partial charge in [-0.2, -0.15) is 4.98 Å². The molecule has 0 aliphatic rings. The number of halogens is 3. The largest absolute Gasteiger partial charge is 0.394 e. The molecular weight excluding hydrogens is 357 g/mol. The van der Waals surface area contributed by atoms with Crippen molar-refractivity contribution in [3.05, 3.63) is 71.9 Å². The summed E-state index contributed by atoms with van der Waals surface area (Å²) in [5.74, 6) is -1.39. The predicted molar refractivity (Wildman–Crippen MR) is 94.7 cm³/mol. The van der Waals surface area contributed by atoms with Crippen LogP contribution in [-0.4, -0.2) is 19.5 Å². The fraction of sp³-hybridized carbons (Fsp3) is 0.0556. The standard InChI is InChI=1S/C18H13F3N6/c19-10-4-5-15-16(6-10)27(9-25-15)18-24-8-14(22)17(26-18)23-7-11-12(20)2-1-3-13(11)21/h1-6,8-9H,7,22H2,(H,23,24,26). The number of hydrogen-bond donors (Lipinski definition) is 2. The number of imidazole rings is 1. The Hall–Kier alpha value is -3.62. The van der Waals surface area contributed by atoms with E-state index in [-0.39, 0.29) is 29.6 Å². The molecule has 0 amide bonds. The Morgan fingerprint density at radius 2 is 1.81 bits per heavy atom. The quantitative estimate of drug-likeness (QED) is 0.575. The highest BCUT2D eigenvalue weighted by molar-refractivity contribution is 5.77. The van der Waals surface area contributed by atoms with Crippen LogP contribution >= 0.6 is 0 Å². The van der Waals surface area contributed by atoms with Crippen molar-refractivity contribution in [2.24, 2.45) is 0 Å². The first-order valence-electron chi connectivity index (χ1n) is 7.95. The van der Waals surface area contributed by atoms with E-state index in [0.29, 0.717) is 11.0 Å². The first-order chi connectivity index (χ1) is 13.0. The van der Waals surface area contributed by atoms with Crippen molar-refractivity contribution >= 4 is 22.5 Å². The lowest BCUT2D eigenvalue weighted by Crippen LogP contribution is -2.10. The summed E-state index contributed by atoms with van der Waals surface area (Å²) in [6, 6.07) is 7.78. The molecule has 136 valence electrons. The maximum atomic E-state index is 13.8. The predicted octanol–water partition coefficient (Wildman–Crippen LogP) is 3.43. The first-order valence-corrected chi connectivity index (χ1v) is 7.95. The Balaban J connectivity index is 1.68. The van der Waals surface area contributed by atoms with Gasteiger partial charge in [-0.05, 0) is 24.3 Å². The Morgan fingerprint density at radius 3 is 2.59 bits per heavy atom. The molecule has 0 saturated heterocycles. The highest BCUT2D eigenvalue weighted by Gasteiger charge is 2.13. The van der Waals surface area contributed by atoms with E-state index in [2.05, 4.69) is 20.3 Å². The van der Waals surface area contributed by atoms with Gasteiger partial charge in [-0.1, -0.05) is 6.07 Å². The van der Waals surface area contributed by atoms with Gasteiger partial charge >= 0.3 is 0 Å². The highest BCUT2D eigenvalue weighted by atomic mass is 19.1. The molecular formula is C18H13F3N6. The molecule has 0 fully saturated rings. The van der Waals surface area contributed by atoms with Crippen LogP contribution in [0.2, 0.25) is 0 Å². The zero-order chi connectivity index (χ0) is 19.0. The lowest BCUT2D eigenvalue weighted by atomic mass is 10.2. The third-order valence-electron chi connectivity index (χ3n) is 4.02. The van der Waals surface area contributed by atoms with Crippen LogP contribution < -0.4 is 11.1 Å². The van der Waals surface area contributed by atoms with Crippen molar-refractivity contribution in [1.82, 2.24) is 19.5 Å². The fourth-order valence-corrected chi connectivity index (χ4v) is 2.65. The van der Waals surface area contributed by atoms with E-state index < -0.39 is 17.5 Å². The number of aromatic nitrogens is 4. The molecule has 0 saturated carbocycles. The minimum atomic E-state index is -0.675. The Bertz CT molecular complexity index is 1120. The number of hydrogen-bond acceptors (Lipinski definition) is 5. The van der Waals surface area contributed by atoms with Crippen molar-refractivity contribution in [3.8, 4) is 5.95 Å². The van der Waals surface area contributed by atoms with Crippen molar-refractivity contribution in [1.29, 1.82) is 0 Å². The average molecular weight is 370 g/mol. The van der Waals surface area contributed by atoms with Crippen LogP contribution in [0.4, 0.5) is 24.7 Å². The minimum absolute atomic E-state index is 0.132. The number of nitrogens with one attached hydrogen (secondary N) is 1. The van der Waals surface area contributed by atoms with Crippen molar-refractivity contribution < 1.29 is 13.2 Å². The summed E-state index contributed by atoms with van der Waals surface area (Å²) in [6.07, 6.45) is 2.81. The van der Waals surface area contributed by atoms with E-state index >= 15 is 0 Å². The molecule has 0 aliphatic carbocycles. The van der Waals surface area contributed by atoms with Gasteiger partial charge in [-0.25, -0.2) is 23.1 Å². The lowest BCUT2D eigenvalue weighted by molar-refractivity contribution is 0.560. The SMILES string of the molecule is Nc1cnc(-n2cnc3ccc(F)cc32)nc1NCc1c(F)cccc1F. The van der Waals surface area contributed by atoms with Gasteiger partial charge in [0.25, 0.3) is 0 Å². The molecule has 4 aromatic rings. The number of rotatable bonds is 4. The molecule has 2 heterocycles. The molecule has 9 heteroatoms. The number of benzene rings is 2. The van der Waals surface area contributed by atoms with Gasteiger partial charge in [0.05, 0.1) is 22.9 Å². The van der Waals surface area contributed by atoms with Crippen LogP contribution in [0.5, 0.6) is 0 Å². The van der Waals surface area contributed by atoms with Gasteiger partial charge in [0.2, 0.25) is 5.95 Å². The first kappa shape index (κ1) is 16.8. The summed E-state index contributed by atoms with van der Waals surface area (Å²) in [6.45, 7) is -0.154. The topological polar surface area (TPSA) is 81.7 Å². The third kappa shape index (κ3) is 3.14. The molecule has 4 rings (SSSR count). The van der Waals surface area contributed by atoms with Gasteiger partial charge < -0.3 is 11.1 Å². The van der Waals surface area contributed by atoms with E-state index in [1.54, 1.807) is 6.07 Å². The number of nitrogen functional groups attached to an aromatic ring is 1. The second-order valence-corrected chi connectivity index (χ2v) is 5.78. The Morgan fingerprint density at radius 1 is 1.04 bits per heavy atom. The van der Waals surface area contributed by atoms with Crippen molar-refractivity contribution in [2.45, 2.75) is 6.54 Å². The minimum Gasteiger partial charge on any atom is -0.394 e. The van der Waals surface area contributed by atoms with Crippen LogP contribution in [0.15, 0.2) is 48.9 Å². The smallest absolute Gasteiger partial charge is 0.237 e. The van der Waals surface area contributed by atoms with Crippen LogP contribution in [-0.2, 0) is 6.54 Å². The molecule has 2 aromatic carbocycles. The molecule has 3 N–H and O–H groups in total. The zero-order valence-corrected chi connectivity index (χ0v) is 13.8. The molecule has 0 atom stereocenters. The normalized spacial score (nSPS) is 11.1. The van der Waals surface area contributed by atoms with Crippen LogP contribution in [0.1, 0.15) is 5.56 Å². The molecule has 0 radical (unpaired) electrons. The molecule has 0 bridgehead atoms. The molecule has 6 nitrogen and oxygen atoms in total. The molecule has 0 aliphatic heterocycles. The van der Waals surface area contributed by atoms with E-state index in [1.165, 1.54) is 47.4 Å². The van der Waals surface area contributed by atoms with Crippen LogP contribution in [0.3, 0.4) is 0 Å². The van der Waals surface area contributed by atoms with Crippen LogP contribution in [0, 0.1) is 17.5 Å². The molecule has 0 unspecified atom stereocenters. The summed E-state index contributed by atoms with van der Waals surface area (Å²) >= 11 is 0. The highest BCUT2D eigenvalue weighted by Crippen LogP contribution is 2.21. The summed E-state index contributed by atoms with van der Waals surface area (Å²) in [4.78, 5) is 12.6. The second-order valence-electron chi connectivity index (χ2n) is 5.78. The van der Waals surface area contributed by atoms with E-state index in [9.17, 15) is 13.2 Å². The molecule has 2 aromatic heterocycles. The molecule has 0 spiro atoms. The van der Waals surface area contributed by atoms with Gasteiger partial charge in [-0.3, -0.25) is 4.57 Å². The van der Waals surface area contributed by atoms with E-state index in [1.807, 2.05) is 0 Å². The number of nitrogens with zero attached hydrogens (tertiary/aromatic N) is 4. The second kappa shape index (κ2) is 6.60. The van der Waals surface area contributed by atoms with Gasteiger partial charge in [0.1, 0.15) is 23.8 Å². The summed E-state index contributed by atoms with van der Waals surface area (Å²) in [7, 11) is 0. The average Bonchev–Trinajstić information content (AvgIpc) is 3.05. The zero-order valence-electron chi connectivity index (χ0n) is 13.8. The third-order valence-corrected chi connectivity index (χ3v) is 4.02. The Labute approximate surface area is 151 Å². The summed E-state index contributed by atoms with van der Waals surface area (Å²) in [5, 5.41) is 2.81. The monoisotopic (exact) mass is 370 g/mol. The van der Waals surface area contributed by atoms with Gasteiger partial charge in [0, 0.05) is 18.2 Å². The van der Waals surface area contributed by atoms with E-state index in [0.717, 1.165) is 0 Å². The van der Waals surface area contributed by atoms with Gasteiger partial charge in [0.15, 0.2) is 5.82 Å². The van der Waals surface area contributed by atoms with Gasteiger partial charge in [-0.15, -0.1) is 0 Å².